The van der Waals surface area contributed by atoms with E-state index < -0.39 is 17.6 Å². The van der Waals surface area contributed by atoms with Crippen molar-refractivity contribution in [2.24, 2.45) is 0 Å². The van der Waals surface area contributed by atoms with Crippen molar-refractivity contribution in [3.63, 3.8) is 0 Å². The Balaban J connectivity index is 1.64. The lowest BCUT2D eigenvalue weighted by atomic mass is 10.1. The summed E-state index contributed by atoms with van der Waals surface area (Å²) in [5, 5.41) is 7.07. The number of carbonyl (C=O) groups is 2. The van der Waals surface area contributed by atoms with Gasteiger partial charge in [0.05, 0.1) is 12.1 Å². The summed E-state index contributed by atoms with van der Waals surface area (Å²) in [6.45, 7) is 0.250. The molecule has 2 amide bonds. The Morgan fingerprint density at radius 3 is 2.42 bits per heavy atom. The van der Waals surface area contributed by atoms with Crippen molar-refractivity contribution < 1.29 is 22.8 Å². The molecule has 140 valence electrons. The fraction of sp³-hybridized carbons (Fsp3) is 0.294. The van der Waals surface area contributed by atoms with Gasteiger partial charge in [-0.05, 0) is 35.7 Å². The first-order valence-corrected chi connectivity index (χ1v) is 9.72. The molecule has 0 radical (unpaired) electrons. The molecule has 0 fully saturated rings. The second-order valence-corrected chi connectivity index (χ2v) is 7.38. The third-order valence-electron chi connectivity index (χ3n) is 3.28. The highest BCUT2D eigenvalue weighted by atomic mass is 32.2. The van der Waals surface area contributed by atoms with Crippen molar-refractivity contribution in [3.8, 4) is 0 Å². The molecule has 0 unspecified atom stereocenters. The Kier molecular flexibility index (Phi) is 7.52. The lowest BCUT2D eigenvalue weighted by Gasteiger charge is -2.09. The summed E-state index contributed by atoms with van der Waals surface area (Å²) in [5.74, 6) is 0.692. The van der Waals surface area contributed by atoms with Crippen LogP contribution in [0.3, 0.4) is 0 Å². The van der Waals surface area contributed by atoms with Crippen molar-refractivity contribution in [3.05, 3.63) is 57.8 Å². The van der Waals surface area contributed by atoms with E-state index >= 15 is 0 Å². The summed E-state index contributed by atoms with van der Waals surface area (Å²) >= 11 is 3.37. The molecule has 2 N–H and O–H groups in total. The Hall–Kier alpha value is -2.00. The normalized spacial score (nSPS) is 11.2. The molecule has 0 saturated heterocycles. The van der Waals surface area contributed by atoms with Crippen LogP contribution in [0.25, 0.3) is 0 Å². The largest absolute Gasteiger partial charge is 0.416 e. The summed E-state index contributed by atoms with van der Waals surface area (Å²) in [4.78, 5) is 24.8. The topological polar surface area (TPSA) is 58.2 Å². The molecule has 1 heterocycles. The zero-order valence-electron chi connectivity index (χ0n) is 13.6. The maximum absolute atomic E-state index is 12.5. The number of amides is 2. The Labute approximate surface area is 157 Å². The first-order valence-electron chi connectivity index (χ1n) is 7.68. The predicted molar refractivity (Wildman–Crippen MR) is 97.3 cm³/mol. The molecule has 9 heteroatoms. The minimum absolute atomic E-state index is 0.0669. The van der Waals surface area contributed by atoms with Crippen molar-refractivity contribution >= 4 is 34.9 Å². The molecule has 1 aromatic carbocycles. The van der Waals surface area contributed by atoms with Gasteiger partial charge in [0.25, 0.3) is 5.91 Å². The second kappa shape index (κ2) is 9.63. The number of thiophene rings is 1. The molecule has 0 spiro atoms. The lowest BCUT2D eigenvalue weighted by molar-refractivity contribution is -0.137. The molecule has 1 aromatic heterocycles. The summed E-state index contributed by atoms with van der Waals surface area (Å²) in [6, 6.07) is 7.86. The van der Waals surface area contributed by atoms with Gasteiger partial charge in [-0.15, -0.1) is 11.3 Å². The van der Waals surface area contributed by atoms with Gasteiger partial charge in [-0.25, -0.2) is 0 Å². The van der Waals surface area contributed by atoms with Gasteiger partial charge >= 0.3 is 6.18 Å². The number of alkyl halides is 3. The summed E-state index contributed by atoms with van der Waals surface area (Å²) in [5.41, 5.74) is -0.760. The fourth-order valence-electron chi connectivity index (χ4n) is 1.97. The Morgan fingerprint density at radius 2 is 1.81 bits per heavy atom. The monoisotopic (exact) mass is 402 g/mol. The van der Waals surface area contributed by atoms with E-state index in [0.717, 1.165) is 35.8 Å². The van der Waals surface area contributed by atoms with E-state index in [9.17, 15) is 22.8 Å². The molecule has 0 aliphatic rings. The van der Waals surface area contributed by atoms with Gasteiger partial charge in [-0.2, -0.15) is 24.9 Å². The summed E-state index contributed by atoms with van der Waals surface area (Å²) < 4.78 is 37.4. The van der Waals surface area contributed by atoms with E-state index in [-0.39, 0.29) is 18.0 Å². The minimum Gasteiger partial charge on any atom is -0.354 e. The molecule has 0 saturated carbocycles. The maximum Gasteiger partial charge on any atom is 0.416 e. The smallest absolute Gasteiger partial charge is 0.354 e. The van der Waals surface area contributed by atoms with Crippen molar-refractivity contribution in [2.45, 2.75) is 11.9 Å². The average Bonchev–Trinajstić information content (AvgIpc) is 3.12. The third-order valence-corrected chi connectivity index (χ3v) is 5.34. The minimum atomic E-state index is -4.45. The van der Waals surface area contributed by atoms with E-state index in [1.165, 1.54) is 4.88 Å². The van der Waals surface area contributed by atoms with Crippen molar-refractivity contribution in [2.75, 3.05) is 18.8 Å². The Morgan fingerprint density at radius 1 is 1.08 bits per heavy atom. The van der Waals surface area contributed by atoms with Gasteiger partial charge in [0, 0.05) is 28.5 Å². The SMILES string of the molecule is O=C(CNC(=O)c1ccc(C(F)(F)F)cc1)NCCSCc1cccs1. The molecular formula is C17H17F3N2O2S2. The van der Waals surface area contributed by atoms with Crippen LogP contribution in [-0.4, -0.2) is 30.7 Å². The van der Waals surface area contributed by atoms with E-state index in [1.54, 1.807) is 23.1 Å². The number of benzene rings is 1. The van der Waals surface area contributed by atoms with Crippen LogP contribution in [0.15, 0.2) is 41.8 Å². The highest BCUT2D eigenvalue weighted by molar-refractivity contribution is 7.98. The number of carbonyl (C=O) groups excluding carboxylic acids is 2. The van der Waals surface area contributed by atoms with E-state index in [4.69, 9.17) is 0 Å². The number of hydrogen-bond acceptors (Lipinski definition) is 4. The van der Waals surface area contributed by atoms with Gasteiger partial charge in [0.1, 0.15) is 0 Å². The fourth-order valence-corrected chi connectivity index (χ4v) is 3.67. The van der Waals surface area contributed by atoms with Crippen LogP contribution >= 0.6 is 23.1 Å². The van der Waals surface area contributed by atoms with Gasteiger partial charge in [-0.3, -0.25) is 9.59 Å². The zero-order chi connectivity index (χ0) is 19.0. The van der Waals surface area contributed by atoms with Crippen LogP contribution in [0.4, 0.5) is 13.2 Å². The summed E-state index contributed by atoms with van der Waals surface area (Å²) in [7, 11) is 0. The van der Waals surface area contributed by atoms with Crippen LogP contribution in [0.5, 0.6) is 0 Å². The van der Waals surface area contributed by atoms with Crippen molar-refractivity contribution in [1.29, 1.82) is 0 Å². The Bertz CT molecular complexity index is 717. The second-order valence-electron chi connectivity index (χ2n) is 5.24. The van der Waals surface area contributed by atoms with Gasteiger partial charge in [0.2, 0.25) is 5.91 Å². The number of rotatable bonds is 8. The lowest BCUT2D eigenvalue weighted by Crippen LogP contribution is -2.37. The maximum atomic E-state index is 12.5. The highest BCUT2D eigenvalue weighted by Gasteiger charge is 2.30. The van der Waals surface area contributed by atoms with Gasteiger partial charge in [0.15, 0.2) is 0 Å². The molecule has 26 heavy (non-hydrogen) atoms. The quantitative estimate of drug-likeness (QED) is 0.664. The first-order chi connectivity index (χ1) is 12.4. The molecule has 2 rings (SSSR count). The number of nitrogens with one attached hydrogen (secondary N) is 2. The number of thioether (sulfide) groups is 1. The van der Waals surface area contributed by atoms with Crippen LogP contribution in [0, 0.1) is 0 Å². The summed E-state index contributed by atoms with van der Waals surface area (Å²) in [6.07, 6.45) is -4.45. The zero-order valence-corrected chi connectivity index (χ0v) is 15.3. The number of halogens is 3. The standard InChI is InChI=1S/C17H17F3N2O2S2/c18-17(19,20)13-5-3-12(4-6-13)16(24)22-10-15(23)21-7-9-25-11-14-2-1-8-26-14/h1-6,8H,7,9-11H2,(H,21,23)(H,22,24). The average molecular weight is 402 g/mol. The first kappa shape index (κ1) is 20.3. The highest BCUT2D eigenvalue weighted by Crippen LogP contribution is 2.29. The van der Waals surface area contributed by atoms with Crippen LogP contribution < -0.4 is 10.6 Å². The molecular weight excluding hydrogens is 385 g/mol. The molecule has 4 nitrogen and oxygen atoms in total. The molecule has 0 atom stereocenters. The van der Waals surface area contributed by atoms with Crippen LogP contribution in [0.2, 0.25) is 0 Å². The molecule has 0 aliphatic carbocycles. The van der Waals surface area contributed by atoms with E-state index in [1.807, 2.05) is 17.5 Å². The molecule has 0 bridgehead atoms. The molecule has 0 aliphatic heterocycles. The van der Waals surface area contributed by atoms with Gasteiger partial charge < -0.3 is 10.6 Å². The molecule has 2 aromatic rings. The van der Waals surface area contributed by atoms with Crippen molar-refractivity contribution in [1.82, 2.24) is 10.6 Å². The predicted octanol–water partition coefficient (Wildman–Crippen LogP) is 3.55. The van der Waals surface area contributed by atoms with Gasteiger partial charge in [-0.1, -0.05) is 6.07 Å². The van der Waals surface area contributed by atoms with Crippen LogP contribution in [0.1, 0.15) is 20.8 Å². The van der Waals surface area contributed by atoms with E-state index in [2.05, 4.69) is 10.6 Å². The van der Waals surface area contributed by atoms with Crippen LogP contribution in [-0.2, 0) is 16.7 Å². The third kappa shape index (κ3) is 6.72. The number of hydrogen-bond donors (Lipinski definition) is 2. The van der Waals surface area contributed by atoms with E-state index in [0.29, 0.717) is 6.54 Å².